The number of hydrogen-bond donors (Lipinski definition) is 1. The first-order valence-electron chi connectivity index (χ1n) is 6.20. The summed E-state index contributed by atoms with van der Waals surface area (Å²) in [4.78, 5) is 5.16. The van der Waals surface area contributed by atoms with Crippen LogP contribution in [-0.4, -0.2) is 15.4 Å². The zero-order chi connectivity index (χ0) is 13.2. The van der Waals surface area contributed by atoms with E-state index in [0.29, 0.717) is 6.04 Å². The minimum Gasteiger partial charge on any atom is -0.310 e. The van der Waals surface area contributed by atoms with Crippen LogP contribution in [0.3, 0.4) is 0 Å². The zero-order valence-corrected chi connectivity index (χ0v) is 12.2. The molecule has 3 nitrogen and oxygen atoms in total. The van der Waals surface area contributed by atoms with E-state index in [9.17, 15) is 4.39 Å². The first-order chi connectivity index (χ1) is 9.19. The molecule has 1 aromatic carbocycles. The number of nitrogens with one attached hydrogen (secondary N) is 1. The van der Waals surface area contributed by atoms with Crippen molar-refractivity contribution in [1.82, 2.24) is 14.7 Å². The second kappa shape index (κ2) is 5.56. The molecule has 6 heteroatoms. The minimum absolute atomic E-state index is 0.196. The lowest BCUT2D eigenvalue weighted by atomic mass is 10.2. The normalized spacial score (nSPS) is 14.8. The van der Waals surface area contributed by atoms with Crippen molar-refractivity contribution in [3.8, 4) is 0 Å². The Bertz CT molecular complexity index is 581. The molecule has 0 unspecified atom stereocenters. The summed E-state index contributed by atoms with van der Waals surface area (Å²) in [5, 5.41) is 3.39. The van der Waals surface area contributed by atoms with E-state index in [0.717, 1.165) is 27.2 Å². The van der Waals surface area contributed by atoms with Gasteiger partial charge in [-0.2, -0.15) is 4.37 Å². The molecule has 1 fully saturated rings. The van der Waals surface area contributed by atoms with E-state index in [1.807, 2.05) is 13.0 Å². The molecule has 1 heterocycles. The van der Waals surface area contributed by atoms with E-state index in [1.54, 1.807) is 12.1 Å². The minimum atomic E-state index is -0.196. The highest BCUT2D eigenvalue weighted by atomic mass is 32.2. The van der Waals surface area contributed by atoms with Crippen LogP contribution in [0.5, 0.6) is 0 Å². The fraction of sp³-hybridized carbons (Fsp3) is 0.385. The fourth-order valence-electron chi connectivity index (χ4n) is 1.75. The molecule has 0 bridgehead atoms. The summed E-state index contributed by atoms with van der Waals surface area (Å²) in [6, 6.07) is 5.78. The van der Waals surface area contributed by atoms with Crippen LogP contribution in [0.25, 0.3) is 0 Å². The SMILES string of the molecule is Cc1nsc(Sc2cc(F)cc(CNC3CC3)c2)n1. The van der Waals surface area contributed by atoms with Crippen LogP contribution in [0.15, 0.2) is 27.4 Å². The molecule has 0 saturated heterocycles. The Balaban J connectivity index is 1.72. The van der Waals surface area contributed by atoms with Gasteiger partial charge in [0.2, 0.25) is 0 Å². The van der Waals surface area contributed by atoms with E-state index < -0.39 is 0 Å². The third kappa shape index (κ3) is 3.75. The van der Waals surface area contributed by atoms with Crippen molar-refractivity contribution in [3.05, 3.63) is 35.4 Å². The molecule has 1 saturated carbocycles. The summed E-state index contributed by atoms with van der Waals surface area (Å²) < 4.78 is 18.6. The molecule has 3 rings (SSSR count). The zero-order valence-electron chi connectivity index (χ0n) is 10.5. The van der Waals surface area contributed by atoms with Gasteiger partial charge in [0.05, 0.1) is 0 Å². The average molecular weight is 295 g/mol. The molecule has 19 heavy (non-hydrogen) atoms. The average Bonchev–Trinajstić information content (AvgIpc) is 3.10. The van der Waals surface area contributed by atoms with Crippen LogP contribution in [0.4, 0.5) is 4.39 Å². The molecule has 0 amide bonds. The van der Waals surface area contributed by atoms with Gasteiger partial charge in [-0.25, -0.2) is 9.37 Å². The van der Waals surface area contributed by atoms with Gasteiger partial charge in [-0.1, -0.05) is 11.8 Å². The Morgan fingerprint density at radius 2 is 2.26 bits per heavy atom. The first kappa shape index (κ1) is 13.0. The molecule has 0 atom stereocenters. The van der Waals surface area contributed by atoms with Gasteiger partial charge in [0.15, 0.2) is 4.34 Å². The highest BCUT2D eigenvalue weighted by molar-refractivity contribution is 8.01. The van der Waals surface area contributed by atoms with Gasteiger partial charge >= 0.3 is 0 Å². The van der Waals surface area contributed by atoms with Crippen LogP contribution in [0, 0.1) is 12.7 Å². The first-order valence-corrected chi connectivity index (χ1v) is 7.79. The van der Waals surface area contributed by atoms with Crippen LogP contribution < -0.4 is 5.32 Å². The van der Waals surface area contributed by atoms with Crippen LogP contribution >= 0.6 is 23.3 Å². The molecule has 1 aliphatic rings. The molecule has 0 aliphatic heterocycles. The number of aromatic nitrogens is 2. The van der Waals surface area contributed by atoms with Gasteiger partial charge in [-0.05, 0) is 55.1 Å². The van der Waals surface area contributed by atoms with Gasteiger partial charge in [0, 0.05) is 17.5 Å². The fourth-order valence-corrected chi connectivity index (χ4v) is 3.49. The van der Waals surface area contributed by atoms with E-state index in [2.05, 4.69) is 14.7 Å². The maximum Gasteiger partial charge on any atom is 0.174 e. The Hall–Kier alpha value is -0.980. The molecule has 1 aromatic heterocycles. The van der Waals surface area contributed by atoms with Crippen molar-refractivity contribution in [1.29, 1.82) is 0 Å². The van der Waals surface area contributed by atoms with Gasteiger partial charge in [0.1, 0.15) is 11.6 Å². The predicted octanol–water partition coefficient (Wildman–Crippen LogP) is 3.39. The Morgan fingerprint density at radius 3 is 2.95 bits per heavy atom. The van der Waals surface area contributed by atoms with Gasteiger partial charge in [0.25, 0.3) is 0 Å². The number of halogens is 1. The summed E-state index contributed by atoms with van der Waals surface area (Å²) in [6.07, 6.45) is 2.47. The molecular formula is C13H14FN3S2. The van der Waals surface area contributed by atoms with Gasteiger partial charge in [-0.3, -0.25) is 0 Å². The van der Waals surface area contributed by atoms with Crippen molar-refractivity contribution < 1.29 is 4.39 Å². The second-order valence-corrected chi connectivity index (χ2v) is 6.73. The van der Waals surface area contributed by atoms with Crippen LogP contribution in [-0.2, 0) is 6.54 Å². The largest absolute Gasteiger partial charge is 0.310 e. The van der Waals surface area contributed by atoms with Crippen LogP contribution in [0.1, 0.15) is 24.2 Å². The number of aryl methyl sites for hydroxylation is 1. The number of hydrogen-bond acceptors (Lipinski definition) is 5. The molecule has 100 valence electrons. The standard InChI is InChI=1S/C13H14FN3S2/c1-8-16-13(19-17-8)18-12-5-9(4-10(14)6-12)7-15-11-2-3-11/h4-6,11,15H,2-3,7H2,1H3. The van der Waals surface area contributed by atoms with Gasteiger partial charge in [-0.15, -0.1) is 0 Å². The molecule has 1 N–H and O–H groups in total. The second-order valence-electron chi connectivity index (χ2n) is 4.66. The van der Waals surface area contributed by atoms with E-state index >= 15 is 0 Å². The van der Waals surface area contributed by atoms with E-state index in [-0.39, 0.29) is 5.82 Å². The summed E-state index contributed by atoms with van der Waals surface area (Å²) in [7, 11) is 0. The monoisotopic (exact) mass is 295 g/mol. The van der Waals surface area contributed by atoms with Crippen LogP contribution in [0.2, 0.25) is 0 Å². The third-order valence-electron chi connectivity index (χ3n) is 2.82. The lowest BCUT2D eigenvalue weighted by Gasteiger charge is -2.06. The Morgan fingerprint density at radius 1 is 1.42 bits per heavy atom. The summed E-state index contributed by atoms with van der Waals surface area (Å²) in [6.45, 7) is 2.59. The maximum atomic E-state index is 13.6. The molecule has 0 radical (unpaired) electrons. The van der Waals surface area contributed by atoms with Crippen molar-refractivity contribution in [2.45, 2.75) is 41.6 Å². The third-order valence-corrected chi connectivity index (χ3v) is 4.63. The highest BCUT2D eigenvalue weighted by Crippen LogP contribution is 2.30. The molecular weight excluding hydrogens is 281 g/mol. The summed E-state index contributed by atoms with van der Waals surface area (Å²) >= 11 is 2.81. The smallest absolute Gasteiger partial charge is 0.174 e. The van der Waals surface area contributed by atoms with Crippen molar-refractivity contribution in [2.75, 3.05) is 0 Å². The lowest BCUT2D eigenvalue weighted by Crippen LogP contribution is -2.15. The molecule has 2 aromatic rings. The van der Waals surface area contributed by atoms with Crippen molar-refractivity contribution in [3.63, 3.8) is 0 Å². The molecule has 1 aliphatic carbocycles. The number of rotatable bonds is 5. The summed E-state index contributed by atoms with van der Waals surface area (Å²) in [5.74, 6) is 0.568. The summed E-state index contributed by atoms with van der Waals surface area (Å²) in [5.41, 5.74) is 0.982. The van der Waals surface area contributed by atoms with E-state index in [1.165, 1.54) is 36.1 Å². The quantitative estimate of drug-likeness (QED) is 0.917. The highest BCUT2D eigenvalue weighted by Gasteiger charge is 2.20. The Kier molecular flexibility index (Phi) is 3.81. The maximum absolute atomic E-state index is 13.6. The lowest BCUT2D eigenvalue weighted by molar-refractivity contribution is 0.615. The number of nitrogens with zero attached hydrogens (tertiary/aromatic N) is 2. The Labute approximate surface area is 119 Å². The van der Waals surface area contributed by atoms with Crippen molar-refractivity contribution >= 4 is 23.3 Å². The predicted molar refractivity (Wildman–Crippen MR) is 75.0 cm³/mol. The number of benzene rings is 1. The van der Waals surface area contributed by atoms with Crippen molar-refractivity contribution in [2.24, 2.45) is 0 Å². The van der Waals surface area contributed by atoms with Gasteiger partial charge < -0.3 is 5.32 Å². The van der Waals surface area contributed by atoms with E-state index in [4.69, 9.17) is 0 Å². The molecule has 0 spiro atoms. The topological polar surface area (TPSA) is 37.8 Å².